The predicted molar refractivity (Wildman–Crippen MR) is 122 cm³/mol. The average Bonchev–Trinajstić information content (AvgIpc) is 3.26. The van der Waals surface area contributed by atoms with Crippen LogP contribution >= 0.6 is 0 Å². The van der Waals surface area contributed by atoms with Crippen LogP contribution < -0.4 is 0 Å². The Bertz CT molecular complexity index is 593. The number of allylic oxidation sites excluding steroid dienone is 2. The van der Waals surface area contributed by atoms with Gasteiger partial charge >= 0.3 is 0 Å². The zero-order chi connectivity index (χ0) is 21.3. The summed E-state index contributed by atoms with van der Waals surface area (Å²) in [6, 6.07) is 0. The molecule has 3 rings (SSSR count). The molecule has 2 saturated carbocycles. The minimum Gasteiger partial charge on any atom is -0.392 e. The Balaban J connectivity index is 1.41. The van der Waals surface area contributed by atoms with Gasteiger partial charge in [-0.3, -0.25) is 4.79 Å². The molecule has 0 aromatic carbocycles. The Labute approximate surface area is 183 Å². The summed E-state index contributed by atoms with van der Waals surface area (Å²) in [6.07, 6.45) is 19.3. The fourth-order valence-corrected chi connectivity index (χ4v) is 5.76. The summed E-state index contributed by atoms with van der Waals surface area (Å²) in [6.45, 7) is 4.08. The number of aliphatic hydroxyl groups is 2. The molecule has 2 aliphatic carbocycles. The Kier molecular flexibility index (Phi) is 9.45. The summed E-state index contributed by atoms with van der Waals surface area (Å²) in [4.78, 5) is 14.3. The highest BCUT2D eigenvalue weighted by Gasteiger charge is 2.44. The number of likely N-dealkylation sites (tertiary alicyclic amines) is 1. The second kappa shape index (κ2) is 12.0. The second-order valence-electron chi connectivity index (χ2n) is 9.86. The fraction of sp³-hybridized carbons (Fsp3) is 0.808. The van der Waals surface area contributed by atoms with Gasteiger partial charge in [-0.25, -0.2) is 0 Å². The normalized spacial score (nSPS) is 31.6. The van der Waals surface area contributed by atoms with Crippen molar-refractivity contribution in [1.29, 1.82) is 0 Å². The van der Waals surface area contributed by atoms with Crippen molar-refractivity contribution in [3.63, 3.8) is 0 Å². The van der Waals surface area contributed by atoms with Crippen molar-refractivity contribution in [2.24, 2.45) is 17.8 Å². The van der Waals surface area contributed by atoms with Gasteiger partial charge in [-0.15, -0.1) is 0 Å². The van der Waals surface area contributed by atoms with Crippen molar-refractivity contribution in [3.05, 3.63) is 23.8 Å². The molecule has 3 aliphatic rings. The summed E-state index contributed by atoms with van der Waals surface area (Å²) in [5.74, 6) is 1.61. The Morgan fingerprint density at radius 1 is 1.17 bits per heavy atom. The first-order chi connectivity index (χ1) is 14.6. The number of nitrogens with zero attached hydrogens (tertiary/aromatic N) is 1. The van der Waals surface area contributed by atoms with Crippen LogP contribution in [0.25, 0.3) is 0 Å². The molecule has 1 amide bonds. The number of carbonyl (C=O) groups is 1. The van der Waals surface area contributed by atoms with Crippen molar-refractivity contribution in [2.45, 2.75) is 103 Å². The molecule has 4 nitrogen and oxygen atoms in total. The monoisotopic (exact) mass is 417 g/mol. The minimum absolute atomic E-state index is 0.183. The highest BCUT2D eigenvalue weighted by atomic mass is 16.3. The zero-order valence-electron chi connectivity index (χ0n) is 19.0. The fourth-order valence-electron chi connectivity index (χ4n) is 5.76. The van der Waals surface area contributed by atoms with Gasteiger partial charge in [-0.1, -0.05) is 50.0 Å². The smallest absolute Gasteiger partial charge is 0.222 e. The van der Waals surface area contributed by atoms with Gasteiger partial charge in [0.25, 0.3) is 0 Å². The molecule has 30 heavy (non-hydrogen) atoms. The summed E-state index contributed by atoms with van der Waals surface area (Å²) < 4.78 is 0. The molecule has 0 radical (unpaired) electrons. The SMILES string of the molecule is CCCCC[C@H](O)/C=C/[C@@H]1[C@H]2C/C(=C/CCCC(=O)N3CCCCC3)C[C@H]2C[C@H]1O. The Morgan fingerprint density at radius 3 is 2.73 bits per heavy atom. The predicted octanol–water partition coefficient (Wildman–Crippen LogP) is 5.00. The number of amides is 1. The molecule has 0 aromatic rings. The molecular formula is C26H43NO3. The number of fused-ring (bicyclic) bond motifs is 1. The molecule has 0 bridgehead atoms. The lowest BCUT2D eigenvalue weighted by atomic mass is 9.90. The standard InChI is InChI=1S/C26H43NO3/c1-2-3-5-11-22(28)13-14-23-24-18-20(17-21(24)19-25(23)29)10-6-7-12-26(30)27-15-8-4-9-16-27/h10,13-14,21-25,28-29H,2-9,11-12,15-19H2,1H3/b14-13+,20-10+/t21-,22-,23+,24-,25+/m0/s1. The molecule has 0 spiro atoms. The number of piperidine rings is 1. The summed E-state index contributed by atoms with van der Waals surface area (Å²) in [5, 5.41) is 20.7. The van der Waals surface area contributed by atoms with Crippen LogP contribution in [0.4, 0.5) is 0 Å². The molecule has 0 unspecified atom stereocenters. The third kappa shape index (κ3) is 6.68. The number of unbranched alkanes of at least 4 members (excludes halogenated alkanes) is 3. The largest absolute Gasteiger partial charge is 0.392 e. The molecule has 5 atom stereocenters. The van der Waals surface area contributed by atoms with Crippen molar-refractivity contribution in [1.82, 2.24) is 4.90 Å². The van der Waals surface area contributed by atoms with E-state index < -0.39 is 0 Å². The van der Waals surface area contributed by atoms with Gasteiger partial charge < -0.3 is 15.1 Å². The lowest BCUT2D eigenvalue weighted by molar-refractivity contribution is -0.132. The van der Waals surface area contributed by atoms with E-state index in [0.29, 0.717) is 24.2 Å². The van der Waals surface area contributed by atoms with E-state index in [1.165, 1.54) is 24.8 Å². The maximum absolute atomic E-state index is 12.3. The highest BCUT2D eigenvalue weighted by molar-refractivity contribution is 5.76. The lowest BCUT2D eigenvalue weighted by Crippen LogP contribution is -2.35. The zero-order valence-corrected chi connectivity index (χ0v) is 19.0. The van der Waals surface area contributed by atoms with Gasteiger partial charge in [-0.05, 0) is 69.6 Å². The van der Waals surface area contributed by atoms with E-state index in [2.05, 4.69) is 19.1 Å². The first-order valence-electron chi connectivity index (χ1n) is 12.6. The number of carbonyl (C=O) groups excluding carboxylic acids is 1. The van der Waals surface area contributed by atoms with Crippen molar-refractivity contribution in [2.75, 3.05) is 13.1 Å². The van der Waals surface area contributed by atoms with Gasteiger partial charge in [0, 0.05) is 25.4 Å². The molecule has 1 aliphatic heterocycles. The van der Waals surface area contributed by atoms with Gasteiger partial charge in [0.2, 0.25) is 5.91 Å². The van der Waals surface area contributed by atoms with Crippen LogP contribution in [0.2, 0.25) is 0 Å². The first kappa shape index (κ1) is 23.5. The number of hydrogen-bond acceptors (Lipinski definition) is 3. The number of rotatable bonds is 10. The molecular weight excluding hydrogens is 374 g/mol. The molecule has 3 fully saturated rings. The van der Waals surface area contributed by atoms with Gasteiger partial charge in [0.1, 0.15) is 0 Å². The average molecular weight is 418 g/mol. The topological polar surface area (TPSA) is 60.8 Å². The van der Waals surface area contributed by atoms with Crippen LogP contribution in [-0.2, 0) is 4.79 Å². The maximum atomic E-state index is 12.3. The lowest BCUT2D eigenvalue weighted by Gasteiger charge is -2.26. The molecule has 1 heterocycles. The van der Waals surface area contributed by atoms with Crippen LogP contribution in [0.1, 0.15) is 90.4 Å². The van der Waals surface area contributed by atoms with E-state index in [4.69, 9.17) is 0 Å². The number of hydrogen-bond donors (Lipinski definition) is 2. The van der Waals surface area contributed by atoms with E-state index in [1.54, 1.807) is 0 Å². The third-order valence-corrected chi connectivity index (χ3v) is 7.51. The van der Waals surface area contributed by atoms with Crippen LogP contribution in [-0.4, -0.2) is 46.3 Å². The van der Waals surface area contributed by atoms with E-state index in [1.807, 2.05) is 11.0 Å². The van der Waals surface area contributed by atoms with Crippen molar-refractivity contribution < 1.29 is 15.0 Å². The van der Waals surface area contributed by atoms with Crippen molar-refractivity contribution in [3.8, 4) is 0 Å². The van der Waals surface area contributed by atoms with Gasteiger partial charge in [0.05, 0.1) is 12.2 Å². The molecule has 0 aromatic heterocycles. The maximum Gasteiger partial charge on any atom is 0.222 e. The van der Waals surface area contributed by atoms with Crippen LogP contribution in [0.3, 0.4) is 0 Å². The quantitative estimate of drug-likeness (QED) is 0.388. The minimum atomic E-state index is -0.378. The Morgan fingerprint density at radius 2 is 1.97 bits per heavy atom. The molecule has 4 heteroatoms. The molecule has 2 N–H and O–H groups in total. The van der Waals surface area contributed by atoms with Crippen LogP contribution in [0, 0.1) is 17.8 Å². The van der Waals surface area contributed by atoms with Crippen LogP contribution in [0.5, 0.6) is 0 Å². The summed E-state index contributed by atoms with van der Waals surface area (Å²) in [5.41, 5.74) is 1.52. The Hall–Kier alpha value is -1.13. The van der Waals surface area contributed by atoms with Gasteiger partial charge in [0.15, 0.2) is 0 Å². The highest BCUT2D eigenvalue weighted by Crippen LogP contribution is 2.50. The van der Waals surface area contributed by atoms with Crippen molar-refractivity contribution >= 4 is 5.91 Å². The molecule has 1 saturated heterocycles. The van der Waals surface area contributed by atoms with Gasteiger partial charge in [-0.2, -0.15) is 0 Å². The third-order valence-electron chi connectivity index (χ3n) is 7.51. The van der Waals surface area contributed by atoms with E-state index in [9.17, 15) is 15.0 Å². The summed E-state index contributed by atoms with van der Waals surface area (Å²) in [7, 11) is 0. The van der Waals surface area contributed by atoms with E-state index in [-0.39, 0.29) is 18.1 Å². The second-order valence-corrected chi connectivity index (χ2v) is 9.86. The first-order valence-corrected chi connectivity index (χ1v) is 12.6. The summed E-state index contributed by atoms with van der Waals surface area (Å²) >= 11 is 0. The number of aliphatic hydroxyl groups excluding tert-OH is 2. The molecule has 170 valence electrons. The van der Waals surface area contributed by atoms with E-state index >= 15 is 0 Å². The van der Waals surface area contributed by atoms with Crippen LogP contribution in [0.15, 0.2) is 23.8 Å². The van der Waals surface area contributed by atoms with E-state index in [0.717, 1.165) is 70.9 Å².